The lowest BCUT2D eigenvalue weighted by molar-refractivity contribution is 0.0682. The summed E-state index contributed by atoms with van der Waals surface area (Å²) in [6, 6.07) is 13.2. The standard InChI is InChI=1S/C15H12N2O3S/c18-15(19)14-12(20-10-11-5-2-1-3-6-11)9-16-17(14)13-7-4-8-21-13/h1-9H,10H2,(H,18,19). The molecular weight excluding hydrogens is 288 g/mol. The second-order valence-corrected chi connectivity index (χ2v) is 5.23. The number of nitrogens with zero attached hydrogens (tertiary/aromatic N) is 2. The zero-order valence-corrected chi connectivity index (χ0v) is 11.8. The van der Waals surface area contributed by atoms with Crippen LogP contribution in [-0.4, -0.2) is 20.9 Å². The zero-order chi connectivity index (χ0) is 14.7. The lowest BCUT2D eigenvalue weighted by Crippen LogP contribution is -2.09. The molecule has 0 radical (unpaired) electrons. The maximum atomic E-state index is 11.5. The van der Waals surface area contributed by atoms with Crippen molar-refractivity contribution >= 4 is 17.3 Å². The topological polar surface area (TPSA) is 64.3 Å². The highest BCUT2D eigenvalue weighted by molar-refractivity contribution is 7.12. The summed E-state index contributed by atoms with van der Waals surface area (Å²) < 4.78 is 6.99. The van der Waals surface area contributed by atoms with E-state index in [0.29, 0.717) is 6.61 Å². The van der Waals surface area contributed by atoms with E-state index in [4.69, 9.17) is 4.74 Å². The summed E-state index contributed by atoms with van der Waals surface area (Å²) in [6.45, 7) is 0.303. The van der Waals surface area contributed by atoms with Gasteiger partial charge in [0.2, 0.25) is 0 Å². The molecule has 0 unspecified atom stereocenters. The van der Waals surface area contributed by atoms with Gasteiger partial charge in [0, 0.05) is 0 Å². The largest absolute Gasteiger partial charge is 0.485 e. The average Bonchev–Trinajstić information content (AvgIpc) is 3.15. The molecule has 0 amide bonds. The maximum Gasteiger partial charge on any atom is 0.358 e. The van der Waals surface area contributed by atoms with Gasteiger partial charge in [0.1, 0.15) is 11.6 Å². The van der Waals surface area contributed by atoms with Crippen LogP contribution in [0, 0.1) is 0 Å². The Balaban J connectivity index is 1.87. The van der Waals surface area contributed by atoms with Gasteiger partial charge in [-0.2, -0.15) is 5.10 Å². The second-order valence-electron chi connectivity index (χ2n) is 4.30. The summed E-state index contributed by atoms with van der Waals surface area (Å²) in [4.78, 5) is 11.5. The zero-order valence-electron chi connectivity index (χ0n) is 11.0. The van der Waals surface area contributed by atoms with E-state index in [9.17, 15) is 9.90 Å². The van der Waals surface area contributed by atoms with E-state index < -0.39 is 5.97 Å². The van der Waals surface area contributed by atoms with Gasteiger partial charge in [0.15, 0.2) is 11.4 Å². The molecule has 0 spiro atoms. The molecule has 0 fully saturated rings. The molecule has 0 bridgehead atoms. The van der Waals surface area contributed by atoms with Crippen molar-refractivity contribution in [2.45, 2.75) is 6.61 Å². The number of carbonyl (C=O) groups is 1. The third-order valence-electron chi connectivity index (χ3n) is 2.89. The van der Waals surface area contributed by atoms with Crippen molar-refractivity contribution in [1.29, 1.82) is 0 Å². The van der Waals surface area contributed by atoms with Gasteiger partial charge in [-0.15, -0.1) is 11.3 Å². The molecular formula is C15H12N2O3S. The first kappa shape index (κ1) is 13.4. The molecule has 3 rings (SSSR count). The van der Waals surface area contributed by atoms with Gasteiger partial charge in [-0.05, 0) is 23.1 Å². The minimum atomic E-state index is -1.07. The Kier molecular flexibility index (Phi) is 3.70. The van der Waals surface area contributed by atoms with Crippen LogP contribution in [0.25, 0.3) is 5.00 Å². The summed E-state index contributed by atoms with van der Waals surface area (Å²) in [5.74, 6) is -0.802. The highest BCUT2D eigenvalue weighted by Crippen LogP contribution is 2.25. The fourth-order valence-corrected chi connectivity index (χ4v) is 2.62. The van der Waals surface area contributed by atoms with E-state index in [-0.39, 0.29) is 11.4 Å². The third-order valence-corrected chi connectivity index (χ3v) is 3.73. The van der Waals surface area contributed by atoms with Gasteiger partial charge in [0.05, 0.1) is 6.20 Å². The number of carboxylic acids is 1. The summed E-state index contributed by atoms with van der Waals surface area (Å²) in [5, 5.41) is 16.1. The molecule has 21 heavy (non-hydrogen) atoms. The van der Waals surface area contributed by atoms with Crippen molar-refractivity contribution in [3.05, 3.63) is 65.3 Å². The first-order valence-corrected chi connectivity index (χ1v) is 7.15. The van der Waals surface area contributed by atoms with Crippen LogP contribution in [0.15, 0.2) is 54.0 Å². The van der Waals surface area contributed by atoms with Gasteiger partial charge in [-0.25, -0.2) is 9.48 Å². The molecule has 106 valence electrons. The average molecular weight is 300 g/mol. The predicted molar refractivity (Wildman–Crippen MR) is 79.2 cm³/mol. The van der Waals surface area contributed by atoms with Gasteiger partial charge in [-0.1, -0.05) is 30.3 Å². The normalized spacial score (nSPS) is 10.5. The Hall–Kier alpha value is -2.60. The first-order chi connectivity index (χ1) is 10.3. The van der Waals surface area contributed by atoms with Crippen molar-refractivity contribution in [2.24, 2.45) is 0 Å². The third kappa shape index (κ3) is 2.80. The predicted octanol–water partition coefficient (Wildman–Crippen LogP) is 3.21. The summed E-state index contributed by atoms with van der Waals surface area (Å²) in [5.41, 5.74) is 1.01. The van der Waals surface area contributed by atoms with Crippen LogP contribution in [0.1, 0.15) is 16.1 Å². The van der Waals surface area contributed by atoms with Crippen molar-refractivity contribution in [3.8, 4) is 10.8 Å². The minimum absolute atomic E-state index is 0.0355. The molecule has 0 atom stereocenters. The maximum absolute atomic E-state index is 11.5. The van der Waals surface area contributed by atoms with Crippen molar-refractivity contribution in [2.75, 3.05) is 0 Å². The molecule has 0 aliphatic heterocycles. The number of carboxylic acid groups (broad SMARTS) is 1. The molecule has 1 N–H and O–H groups in total. The molecule has 3 aromatic rings. The van der Waals surface area contributed by atoms with Gasteiger partial charge in [-0.3, -0.25) is 0 Å². The molecule has 6 heteroatoms. The number of benzene rings is 1. The number of aromatic carboxylic acids is 1. The smallest absolute Gasteiger partial charge is 0.358 e. The Morgan fingerprint density at radius 3 is 2.71 bits per heavy atom. The van der Waals surface area contributed by atoms with E-state index >= 15 is 0 Å². The molecule has 1 aromatic carbocycles. The number of aromatic nitrogens is 2. The van der Waals surface area contributed by atoms with E-state index in [2.05, 4.69) is 5.10 Å². The number of hydrogen-bond acceptors (Lipinski definition) is 4. The number of hydrogen-bond donors (Lipinski definition) is 1. The monoisotopic (exact) mass is 300 g/mol. The van der Waals surface area contributed by atoms with Gasteiger partial charge >= 0.3 is 5.97 Å². The number of thiophene rings is 1. The van der Waals surface area contributed by atoms with E-state index in [1.807, 2.05) is 47.8 Å². The van der Waals surface area contributed by atoms with Crippen LogP contribution in [0.2, 0.25) is 0 Å². The van der Waals surface area contributed by atoms with Crippen molar-refractivity contribution < 1.29 is 14.6 Å². The minimum Gasteiger partial charge on any atom is -0.485 e. The molecule has 0 aliphatic carbocycles. The highest BCUT2D eigenvalue weighted by atomic mass is 32.1. The molecule has 0 aliphatic rings. The van der Waals surface area contributed by atoms with Gasteiger partial charge in [0.25, 0.3) is 0 Å². The Morgan fingerprint density at radius 2 is 2.05 bits per heavy atom. The molecule has 0 saturated heterocycles. The molecule has 0 saturated carbocycles. The Bertz CT molecular complexity index is 736. The number of ether oxygens (including phenoxy) is 1. The Labute approximate surface area is 125 Å². The van der Waals surface area contributed by atoms with Crippen LogP contribution in [0.3, 0.4) is 0 Å². The van der Waals surface area contributed by atoms with Gasteiger partial charge < -0.3 is 9.84 Å². The van der Waals surface area contributed by atoms with Crippen LogP contribution in [0.5, 0.6) is 5.75 Å². The summed E-state index contributed by atoms with van der Waals surface area (Å²) in [6.07, 6.45) is 1.44. The fraction of sp³-hybridized carbons (Fsp3) is 0.0667. The van der Waals surface area contributed by atoms with Crippen LogP contribution in [-0.2, 0) is 6.61 Å². The summed E-state index contributed by atoms with van der Waals surface area (Å²) >= 11 is 1.42. The second kappa shape index (κ2) is 5.80. The molecule has 5 nitrogen and oxygen atoms in total. The Morgan fingerprint density at radius 1 is 1.24 bits per heavy atom. The lowest BCUT2D eigenvalue weighted by atomic mass is 10.2. The van der Waals surface area contributed by atoms with Crippen LogP contribution in [0.4, 0.5) is 0 Å². The lowest BCUT2D eigenvalue weighted by Gasteiger charge is -2.06. The van der Waals surface area contributed by atoms with E-state index in [0.717, 1.165) is 10.6 Å². The fourth-order valence-electron chi connectivity index (χ4n) is 1.93. The van der Waals surface area contributed by atoms with E-state index in [1.54, 1.807) is 0 Å². The first-order valence-electron chi connectivity index (χ1n) is 6.27. The van der Waals surface area contributed by atoms with E-state index in [1.165, 1.54) is 22.2 Å². The quantitative estimate of drug-likeness (QED) is 0.786. The molecule has 2 aromatic heterocycles. The van der Waals surface area contributed by atoms with Crippen molar-refractivity contribution in [3.63, 3.8) is 0 Å². The van der Waals surface area contributed by atoms with Crippen molar-refractivity contribution in [1.82, 2.24) is 9.78 Å². The van der Waals surface area contributed by atoms with Crippen LogP contribution < -0.4 is 4.74 Å². The summed E-state index contributed by atoms with van der Waals surface area (Å²) in [7, 11) is 0. The number of rotatable bonds is 5. The SMILES string of the molecule is O=C(O)c1c(OCc2ccccc2)cnn1-c1cccs1. The molecule has 2 heterocycles. The van der Waals surface area contributed by atoms with Crippen LogP contribution >= 0.6 is 11.3 Å². The highest BCUT2D eigenvalue weighted by Gasteiger charge is 2.20.